The molecule has 2 aromatic heterocycles. The van der Waals surface area contributed by atoms with Gasteiger partial charge in [-0.2, -0.15) is 23.0 Å². The number of anilines is 1. The van der Waals surface area contributed by atoms with Crippen LogP contribution in [0.4, 0.5) is 18.9 Å². The molecule has 140 valence electrons. The lowest BCUT2D eigenvalue weighted by molar-refractivity contribution is -0.137. The smallest absolute Gasteiger partial charge is 0.381 e. The summed E-state index contributed by atoms with van der Waals surface area (Å²) >= 11 is 6.13. The van der Waals surface area contributed by atoms with Crippen LogP contribution in [0.2, 0.25) is 5.02 Å². The highest BCUT2D eigenvalue weighted by Crippen LogP contribution is 2.29. The van der Waals surface area contributed by atoms with Gasteiger partial charge in [-0.05, 0) is 31.4 Å². The van der Waals surface area contributed by atoms with Crippen LogP contribution in [0, 0.1) is 0 Å². The number of halogens is 4. The highest BCUT2D eigenvalue weighted by atomic mass is 35.5. The minimum atomic E-state index is -4.50. The van der Waals surface area contributed by atoms with Gasteiger partial charge in [0.2, 0.25) is 0 Å². The standard InChI is InChI=1S/C16H16ClF3N4O2/c1-26-11-4-3-10(6-11)23-12-8-22-24(15(25)14(12)17)13-5-2-9(7-21-13)16(18,19)20/h2,5,7-8,10-11,23H,3-4,6H2,1H3. The predicted octanol–water partition coefficient (Wildman–Crippen LogP) is 3.28. The minimum Gasteiger partial charge on any atom is -0.381 e. The molecule has 0 aliphatic heterocycles. The fraction of sp³-hybridized carbons (Fsp3) is 0.438. The Hall–Kier alpha value is -2.13. The van der Waals surface area contributed by atoms with Gasteiger partial charge in [0.15, 0.2) is 5.82 Å². The van der Waals surface area contributed by atoms with Crippen LogP contribution in [-0.4, -0.2) is 34.0 Å². The van der Waals surface area contributed by atoms with E-state index in [1.807, 2.05) is 0 Å². The summed E-state index contributed by atoms with van der Waals surface area (Å²) in [5, 5.41) is 7.03. The van der Waals surface area contributed by atoms with Crippen molar-refractivity contribution >= 4 is 17.3 Å². The monoisotopic (exact) mass is 388 g/mol. The molecular weight excluding hydrogens is 373 g/mol. The van der Waals surface area contributed by atoms with Crippen LogP contribution < -0.4 is 10.9 Å². The van der Waals surface area contributed by atoms with Gasteiger partial charge in [0.25, 0.3) is 5.56 Å². The third-order valence-electron chi connectivity index (χ3n) is 4.29. The molecule has 2 heterocycles. The van der Waals surface area contributed by atoms with Crippen molar-refractivity contribution in [2.24, 2.45) is 0 Å². The normalized spacial score (nSPS) is 20.3. The van der Waals surface area contributed by atoms with Gasteiger partial charge in [-0.25, -0.2) is 4.98 Å². The van der Waals surface area contributed by atoms with Crippen molar-refractivity contribution in [3.05, 3.63) is 45.5 Å². The van der Waals surface area contributed by atoms with Crippen molar-refractivity contribution in [1.29, 1.82) is 0 Å². The van der Waals surface area contributed by atoms with Crippen LogP contribution in [0.5, 0.6) is 0 Å². The van der Waals surface area contributed by atoms with Crippen molar-refractivity contribution in [3.8, 4) is 5.82 Å². The molecular formula is C16H16ClF3N4O2. The number of aromatic nitrogens is 3. The Labute approximate surface area is 151 Å². The first-order valence-corrected chi connectivity index (χ1v) is 8.28. The van der Waals surface area contributed by atoms with Gasteiger partial charge in [0, 0.05) is 19.3 Å². The fourth-order valence-corrected chi connectivity index (χ4v) is 3.06. The van der Waals surface area contributed by atoms with E-state index < -0.39 is 17.3 Å². The maximum absolute atomic E-state index is 12.6. The van der Waals surface area contributed by atoms with E-state index in [1.54, 1.807) is 7.11 Å². The molecule has 6 nitrogen and oxygen atoms in total. The molecule has 0 radical (unpaired) electrons. The van der Waals surface area contributed by atoms with E-state index >= 15 is 0 Å². The van der Waals surface area contributed by atoms with Crippen LogP contribution in [0.25, 0.3) is 5.82 Å². The van der Waals surface area contributed by atoms with E-state index in [4.69, 9.17) is 16.3 Å². The van der Waals surface area contributed by atoms with E-state index in [0.29, 0.717) is 11.9 Å². The van der Waals surface area contributed by atoms with Crippen molar-refractivity contribution in [2.45, 2.75) is 37.6 Å². The minimum absolute atomic E-state index is 0.0447. The lowest BCUT2D eigenvalue weighted by Crippen LogP contribution is -2.26. The first kappa shape index (κ1) is 18.7. The van der Waals surface area contributed by atoms with Crippen LogP contribution >= 0.6 is 11.6 Å². The second kappa shape index (κ2) is 7.24. The molecule has 0 amide bonds. The van der Waals surface area contributed by atoms with Gasteiger partial charge in [0.05, 0.1) is 23.6 Å². The maximum Gasteiger partial charge on any atom is 0.417 e. The zero-order chi connectivity index (χ0) is 18.9. The van der Waals surface area contributed by atoms with E-state index in [0.717, 1.165) is 36.1 Å². The molecule has 3 rings (SSSR count). The molecule has 2 atom stereocenters. The van der Waals surface area contributed by atoms with Crippen molar-refractivity contribution in [3.63, 3.8) is 0 Å². The van der Waals surface area contributed by atoms with Crippen LogP contribution in [0.1, 0.15) is 24.8 Å². The molecule has 0 saturated heterocycles. The molecule has 0 bridgehead atoms. The second-order valence-corrected chi connectivity index (χ2v) is 6.38. The topological polar surface area (TPSA) is 69.0 Å². The largest absolute Gasteiger partial charge is 0.417 e. The van der Waals surface area contributed by atoms with E-state index in [-0.39, 0.29) is 23.0 Å². The highest BCUT2D eigenvalue weighted by Gasteiger charge is 2.31. The summed E-state index contributed by atoms with van der Waals surface area (Å²) in [5.41, 5.74) is -1.19. The number of alkyl halides is 3. The number of pyridine rings is 1. The van der Waals surface area contributed by atoms with Crippen molar-refractivity contribution < 1.29 is 17.9 Å². The van der Waals surface area contributed by atoms with Crippen molar-refractivity contribution in [2.75, 3.05) is 12.4 Å². The summed E-state index contributed by atoms with van der Waals surface area (Å²) in [6, 6.07) is 2.01. The Morgan fingerprint density at radius 3 is 2.65 bits per heavy atom. The van der Waals surface area contributed by atoms with Gasteiger partial charge in [-0.1, -0.05) is 11.6 Å². The third kappa shape index (κ3) is 3.83. The molecule has 10 heteroatoms. The zero-order valence-electron chi connectivity index (χ0n) is 13.8. The lowest BCUT2D eigenvalue weighted by Gasteiger charge is -2.15. The van der Waals surface area contributed by atoms with E-state index in [2.05, 4.69) is 15.4 Å². The first-order chi connectivity index (χ1) is 12.3. The molecule has 0 spiro atoms. The Morgan fingerprint density at radius 1 is 1.31 bits per heavy atom. The Bertz CT molecular complexity index is 839. The Kier molecular flexibility index (Phi) is 5.19. The quantitative estimate of drug-likeness (QED) is 0.870. The second-order valence-electron chi connectivity index (χ2n) is 6.00. The first-order valence-electron chi connectivity index (χ1n) is 7.90. The van der Waals surface area contributed by atoms with Gasteiger partial charge in [0.1, 0.15) is 5.02 Å². The molecule has 0 aromatic carbocycles. The maximum atomic E-state index is 12.6. The van der Waals surface area contributed by atoms with Crippen LogP contribution in [-0.2, 0) is 10.9 Å². The average Bonchev–Trinajstić information content (AvgIpc) is 3.06. The van der Waals surface area contributed by atoms with Crippen molar-refractivity contribution in [1.82, 2.24) is 14.8 Å². The number of ether oxygens (including phenoxy) is 1. The molecule has 1 N–H and O–H groups in total. The summed E-state index contributed by atoms with van der Waals surface area (Å²) in [7, 11) is 1.65. The average molecular weight is 389 g/mol. The zero-order valence-corrected chi connectivity index (χ0v) is 14.5. The number of methoxy groups -OCH3 is 1. The van der Waals surface area contributed by atoms with Gasteiger partial charge in [-0.15, -0.1) is 0 Å². The fourth-order valence-electron chi connectivity index (χ4n) is 2.88. The molecule has 1 saturated carbocycles. The third-order valence-corrected chi connectivity index (χ3v) is 4.65. The molecule has 2 unspecified atom stereocenters. The highest BCUT2D eigenvalue weighted by molar-refractivity contribution is 6.32. The SMILES string of the molecule is COC1CCC(Nc2cnn(-c3ccc(C(F)(F)F)cn3)c(=O)c2Cl)C1. The summed E-state index contributed by atoms with van der Waals surface area (Å²) < 4.78 is 44.0. The van der Waals surface area contributed by atoms with Crippen LogP contribution in [0.3, 0.4) is 0 Å². The van der Waals surface area contributed by atoms with Crippen LogP contribution in [0.15, 0.2) is 29.3 Å². The summed E-state index contributed by atoms with van der Waals surface area (Å²) in [5.74, 6) is -0.0447. The summed E-state index contributed by atoms with van der Waals surface area (Å²) in [4.78, 5) is 16.1. The summed E-state index contributed by atoms with van der Waals surface area (Å²) in [6.07, 6.45) is 0.240. The molecule has 1 aliphatic rings. The van der Waals surface area contributed by atoms with Gasteiger partial charge in [-0.3, -0.25) is 4.79 Å². The number of hydrogen-bond donors (Lipinski definition) is 1. The number of nitrogens with one attached hydrogen (secondary N) is 1. The van der Waals surface area contributed by atoms with E-state index in [9.17, 15) is 18.0 Å². The number of hydrogen-bond acceptors (Lipinski definition) is 5. The lowest BCUT2D eigenvalue weighted by atomic mass is 10.2. The number of rotatable bonds is 4. The molecule has 2 aromatic rings. The summed E-state index contributed by atoms with van der Waals surface area (Å²) in [6.45, 7) is 0. The molecule has 26 heavy (non-hydrogen) atoms. The van der Waals surface area contributed by atoms with E-state index in [1.165, 1.54) is 6.20 Å². The molecule has 1 fully saturated rings. The van der Waals surface area contributed by atoms with Gasteiger partial charge < -0.3 is 10.1 Å². The predicted molar refractivity (Wildman–Crippen MR) is 89.7 cm³/mol. The molecule has 1 aliphatic carbocycles. The Balaban J connectivity index is 1.82. The van der Waals surface area contributed by atoms with Gasteiger partial charge >= 0.3 is 6.18 Å². The Morgan fingerprint density at radius 2 is 2.08 bits per heavy atom. The number of nitrogens with zero attached hydrogens (tertiary/aromatic N) is 3.